The number of nitrogens with two attached hydrogens (primary N) is 1. The molecule has 1 aromatic carbocycles. The van der Waals surface area contributed by atoms with Gasteiger partial charge in [-0.25, -0.2) is 4.79 Å². The molecule has 2 atom stereocenters. The van der Waals surface area contributed by atoms with E-state index in [0.29, 0.717) is 6.42 Å². The van der Waals surface area contributed by atoms with E-state index in [1.807, 2.05) is 24.3 Å². The fourth-order valence-corrected chi connectivity index (χ4v) is 2.24. The number of primary amides is 1. The molecule has 5 heteroatoms. The summed E-state index contributed by atoms with van der Waals surface area (Å²) in [5.41, 5.74) is 7.11. The van der Waals surface area contributed by atoms with Crippen LogP contribution in [-0.2, 0) is 11.2 Å². The molecule has 0 saturated carbocycles. The number of carbonyl (C=O) groups is 2. The van der Waals surface area contributed by atoms with Gasteiger partial charge in [0.15, 0.2) is 0 Å². The van der Waals surface area contributed by atoms with Gasteiger partial charge < -0.3 is 16.2 Å². The first-order valence-electron chi connectivity index (χ1n) is 4.96. The number of amides is 2. The van der Waals surface area contributed by atoms with Gasteiger partial charge in [0, 0.05) is 0 Å². The predicted octanol–water partition coefficient (Wildman–Crippen LogP) is 0.448. The molecule has 5 nitrogen and oxygen atoms in total. The van der Waals surface area contributed by atoms with E-state index in [-0.39, 0.29) is 0 Å². The van der Waals surface area contributed by atoms with E-state index in [9.17, 15) is 9.59 Å². The van der Waals surface area contributed by atoms with Gasteiger partial charge in [0.2, 0.25) is 5.91 Å². The lowest BCUT2D eigenvalue weighted by atomic mass is 9.98. The van der Waals surface area contributed by atoms with Gasteiger partial charge in [0.25, 0.3) is 0 Å². The molecule has 84 valence electrons. The third-order valence-electron chi connectivity index (χ3n) is 2.85. The first-order valence-corrected chi connectivity index (χ1v) is 4.96. The molecule has 1 aromatic rings. The highest BCUT2D eigenvalue weighted by Crippen LogP contribution is 2.32. The summed E-state index contributed by atoms with van der Waals surface area (Å²) in [5.74, 6) is -1.06. The van der Waals surface area contributed by atoms with E-state index >= 15 is 0 Å². The van der Waals surface area contributed by atoms with Gasteiger partial charge in [-0.05, 0) is 17.5 Å². The monoisotopic (exact) mass is 220 g/mol. The number of carbonyl (C=O) groups excluding carboxylic acids is 1. The largest absolute Gasteiger partial charge is 0.465 e. The van der Waals surface area contributed by atoms with Crippen molar-refractivity contribution in [3.8, 4) is 0 Å². The van der Waals surface area contributed by atoms with Crippen molar-refractivity contribution in [2.45, 2.75) is 18.4 Å². The van der Waals surface area contributed by atoms with Crippen LogP contribution < -0.4 is 11.1 Å². The molecule has 0 fully saturated rings. The highest BCUT2D eigenvalue weighted by atomic mass is 16.4. The number of nitrogens with one attached hydrogen (secondary N) is 1. The fraction of sp³-hybridized carbons (Fsp3) is 0.273. The molecule has 0 bridgehead atoms. The smallest absolute Gasteiger partial charge is 0.404 e. The van der Waals surface area contributed by atoms with Crippen molar-refractivity contribution < 1.29 is 14.7 Å². The molecule has 0 heterocycles. The first-order chi connectivity index (χ1) is 7.59. The van der Waals surface area contributed by atoms with Gasteiger partial charge in [0.1, 0.15) is 0 Å². The number of hydrogen-bond acceptors (Lipinski definition) is 2. The zero-order valence-corrected chi connectivity index (χ0v) is 8.51. The van der Waals surface area contributed by atoms with Gasteiger partial charge in [-0.1, -0.05) is 24.3 Å². The Morgan fingerprint density at radius 1 is 1.38 bits per heavy atom. The lowest BCUT2D eigenvalue weighted by Gasteiger charge is -2.16. The van der Waals surface area contributed by atoms with E-state index < -0.39 is 24.0 Å². The van der Waals surface area contributed by atoms with Crippen LogP contribution in [0.2, 0.25) is 0 Å². The van der Waals surface area contributed by atoms with Crippen LogP contribution in [0.4, 0.5) is 4.79 Å². The fourth-order valence-electron chi connectivity index (χ4n) is 2.24. The van der Waals surface area contributed by atoms with Gasteiger partial charge >= 0.3 is 6.09 Å². The molecule has 0 radical (unpaired) electrons. The lowest BCUT2D eigenvalue weighted by Crippen LogP contribution is -2.41. The SMILES string of the molecule is NC(=O)[C@H]1c2ccccc2C[C@H]1NC(=O)O. The second-order valence-electron chi connectivity index (χ2n) is 3.84. The molecule has 2 rings (SSSR count). The Labute approximate surface area is 92.3 Å². The number of hydrogen-bond donors (Lipinski definition) is 3. The van der Waals surface area contributed by atoms with Crippen molar-refractivity contribution in [3.63, 3.8) is 0 Å². The Kier molecular flexibility index (Phi) is 2.52. The van der Waals surface area contributed by atoms with Crippen molar-refractivity contribution in [1.29, 1.82) is 0 Å². The summed E-state index contributed by atoms with van der Waals surface area (Å²) in [4.78, 5) is 22.0. The molecular formula is C11H12N2O3. The minimum Gasteiger partial charge on any atom is -0.465 e. The molecule has 0 saturated heterocycles. The Morgan fingerprint density at radius 3 is 2.69 bits per heavy atom. The summed E-state index contributed by atoms with van der Waals surface area (Å²) >= 11 is 0. The third kappa shape index (κ3) is 1.71. The number of carboxylic acid groups (broad SMARTS) is 1. The van der Waals surface area contributed by atoms with E-state index in [2.05, 4.69) is 5.32 Å². The van der Waals surface area contributed by atoms with Crippen LogP contribution in [-0.4, -0.2) is 23.1 Å². The summed E-state index contributed by atoms with van der Waals surface area (Å²) < 4.78 is 0. The molecule has 1 aliphatic carbocycles. The molecule has 0 aromatic heterocycles. The zero-order chi connectivity index (χ0) is 11.7. The normalized spacial score (nSPS) is 22.5. The van der Waals surface area contributed by atoms with E-state index in [0.717, 1.165) is 11.1 Å². The number of benzene rings is 1. The van der Waals surface area contributed by atoms with Gasteiger partial charge in [-0.15, -0.1) is 0 Å². The van der Waals surface area contributed by atoms with Crippen LogP contribution in [0.25, 0.3) is 0 Å². The Morgan fingerprint density at radius 2 is 2.06 bits per heavy atom. The standard InChI is InChI=1S/C11H12N2O3/c12-10(14)9-7-4-2-1-3-6(7)5-8(9)13-11(15)16/h1-4,8-9,13H,5H2,(H2,12,14)(H,15,16)/t8-,9+/m1/s1. The zero-order valence-electron chi connectivity index (χ0n) is 8.51. The summed E-state index contributed by atoms with van der Waals surface area (Å²) in [6.45, 7) is 0. The maximum atomic E-state index is 11.3. The molecule has 4 N–H and O–H groups in total. The topological polar surface area (TPSA) is 92.4 Å². The average Bonchev–Trinajstić information content (AvgIpc) is 2.53. The van der Waals surface area contributed by atoms with Crippen LogP contribution in [0.15, 0.2) is 24.3 Å². The van der Waals surface area contributed by atoms with E-state index in [4.69, 9.17) is 10.8 Å². The minimum absolute atomic E-state index is 0.451. The minimum atomic E-state index is -1.14. The summed E-state index contributed by atoms with van der Waals surface area (Å²) in [6.07, 6.45) is -0.625. The van der Waals surface area contributed by atoms with Crippen LogP contribution in [0, 0.1) is 0 Å². The second-order valence-corrected chi connectivity index (χ2v) is 3.84. The molecule has 2 amide bonds. The molecule has 0 unspecified atom stereocenters. The quantitative estimate of drug-likeness (QED) is 0.675. The maximum absolute atomic E-state index is 11.3. The Bertz CT molecular complexity index is 445. The van der Waals surface area contributed by atoms with Crippen molar-refractivity contribution in [2.75, 3.05) is 0 Å². The third-order valence-corrected chi connectivity index (χ3v) is 2.85. The molecule has 0 aliphatic heterocycles. The van der Waals surface area contributed by atoms with Crippen LogP contribution in [0.5, 0.6) is 0 Å². The first kappa shape index (κ1) is 10.5. The van der Waals surface area contributed by atoms with E-state index in [1.165, 1.54) is 0 Å². The Balaban J connectivity index is 2.33. The molecule has 16 heavy (non-hydrogen) atoms. The highest BCUT2D eigenvalue weighted by Gasteiger charge is 2.36. The van der Waals surface area contributed by atoms with Crippen molar-refractivity contribution in [2.24, 2.45) is 5.73 Å². The summed E-state index contributed by atoms with van der Waals surface area (Å²) in [5, 5.41) is 11.0. The second kappa shape index (κ2) is 3.84. The summed E-state index contributed by atoms with van der Waals surface area (Å²) in [7, 11) is 0. The highest BCUT2D eigenvalue weighted by molar-refractivity contribution is 5.85. The van der Waals surface area contributed by atoms with E-state index in [1.54, 1.807) is 0 Å². The average molecular weight is 220 g/mol. The van der Waals surface area contributed by atoms with Crippen molar-refractivity contribution >= 4 is 12.0 Å². The van der Waals surface area contributed by atoms with Crippen LogP contribution in [0.1, 0.15) is 17.0 Å². The van der Waals surface area contributed by atoms with Crippen molar-refractivity contribution in [1.82, 2.24) is 5.32 Å². The van der Waals surface area contributed by atoms with Gasteiger partial charge in [0.05, 0.1) is 12.0 Å². The Hall–Kier alpha value is -2.04. The number of rotatable bonds is 2. The lowest BCUT2D eigenvalue weighted by molar-refractivity contribution is -0.119. The predicted molar refractivity (Wildman–Crippen MR) is 57.0 cm³/mol. The summed E-state index contributed by atoms with van der Waals surface area (Å²) in [6, 6.07) is 6.92. The maximum Gasteiger partial charge on any atom is 0.404 e. The molecule has 0 spiro atoms. The van der Waals surface area contributed by atoms with Gasteiger partial charge in [-0.2, -0.15) is 0 Å². The van der Waals surface area contributed by atoms with Gasteiger partial charge in [-0.3, -0.25) is 4.79 Å². The van der Waals surface area contributed by atoms with Crippen LogP contribution in [0.3, 0.4) is 0 Å². The van der Waals surface area contributed by atoms with Crippen LogP contribution >= 0.6 is 0 Å². The molecule has 1 aliphatic rings. The molecular weight excluding hydrogens is 208 g/mol. The number of fused-ring (bicyclic) bond motifs is 1. The van der Waals surface area contributed by atoms with Crippen molar-refractivity contribution in [3.05, 3.63) is 35.4 Å².